The lowest BCUT2D eigenvalue weighted by Gasteiger charge is -2.17. The van der Waals surface area contributed by atoms with Crippen molar-refractivity contribution in [2.45, 2.75) is 19.5 Å². The normalized spacial score (nSPS) is 14.5. The standard InChI is InChI=1S/C28H24ClN5O2/c29-19-12-13-22-21(16-19)24(18-8-2-1-3-9-18)26(30-22)27(35)32-31-25-20-10-4-5-11-23(20)34(28(25)36)17-33-14-6-7-15-33/h1-5,8-13,16,30,36H,6-7,14-15,17H2. The molecule has 2 N–H and O–H groups in total. The van der Waals surface area contributed by atoms with Crippen molar-refractivity contribution >= 4 is 45.0 Å². The Morgan fingerprint density at radius 3 is 2.53 bits per heavy atom. The van der Waals surface area contributed by atoms with Crippen LogP contribution in [-0.2, 0) is 6.67 Å². The molecule has 8 heteroatoms. The van der Waals surface area contributed by atoms with Gasteiger partial charge in [0, 0.05) is 26.9 Å². The first-order chi connectivity index (χ1) is 17.6. The summed E-state index contributed by atoms with van der Waals surface area (Å²) in [4.78, 5) is 18.9. The zero-order chi connectivity index (χ0) is 24.6. The van der Waals surface area contributed by atoms with Crippen molar-refractivity contribution in [2.75, 3.05) is 13.1 Å². The molecule has 1 amide bonds. The Kier molecular flexibility index (Phi) is 5.79. The number of aromatic nitrogens is 2. The van der Waals surface area contributed by atoms with Crippen LogP contribution in [0.5, 0.6) is 5.88 Å². The van der Waals surface area contributed by atoms with Crippen LogP contribution in [0, 0.1) is 0 Å². The van der Waals surface area contributed by atoms with Gasteiger partial charge in [-0.05, 0) is 55.8 Å². The van der Waals surface area contributed by atoms with Gasteiger partial charge in [-0.3, -0.25) is 14.3 Å². The highest BCUT2D eigenvalue weighted by molar-refractivity contribution is 6.31. The van der Waals surface area contributed by atoms with Gasteiger partial charge >= 0.3 is 5.91 Å². The van der Waals surface area contributed by atoms with E-state index in [9.17, 15) is 9.90 Å². The van der Waals surface area contributed by atoms with Crippen LogP contribution in [0.1, 0.15) is 23.3 Å². The molecular weight excluding hydrogens is 474 g/mol. The number of hydrogen-bond donors (Lipinski definition) is 2. The number of nitrogens with one attached hydrogen (secondary N) is 1. The summed E-state index contributed by atoms with van der Waals surface area (Å²) in [5, 5.41) is 21.6. The molecule has 0 aliphatic carbocycles. The number of azo groups is 1. The second kappa shape index (κ2) is 9.26. The number of hydrogen-bond acceptors (Lipinski definition) is 4. The molecule has 1 fully saturated rings. The van der Waals surface area contributed by atoms with Gasteiger partial charge in [-0.25, -0.2) is 0 Å². The number of likely N-dealkylation sites (tertiary alicyclic amines) is 1. The van der Waals surface area contributed by atoms with E-state index in [4.69, 9.17) is 11.6 Å². The third-order valence-corrected chi connectivity index (χ3v) is 6.97. The Labute approximate surface area is 212 Å². The zero-order valence-corrected chi connectivity index (χ0v) is 20.2. The van der Waals surface area contributed by atoms with Crippen LogP contribution in [0.2, 0.25) is 5.02 Å². The number of amides is 1. The minimum atomic E-state index is -0.531. The monoisotopic (exact) mass is 497 g/mol. The molecule has 0 spiro atoms. The van der Waals surface area contributed by atoms with Gasteiger partial charge in [-0.2, -0.15) is 0 Å². The molecular formula is C28H24ClN5O2. The SMILES string of the molecule is O=C(N=Nc1c(O)n(CN2CCCC2)c2ccccc12)c1[nH]c2ccc(Cl)cc2c1-c1ccccc1. The Bertz CT molecular complexity index is 1610. The van der Waals surface area contributed by atoms with E-state index in [0.29, 0.717) is 23.1 Å². The molecule has 0 unspecified atom stereocenters. The van der Waals surface area contributed by atoms with E-state index in [-0.39, 0.29) is 5.88 Å². The van der Waals surface area contributed by atoms with Crippen molar-refractivity contribution in [1.82, 2.24) is 14.5 Å². The van der Waals surface area contributed by atoms with E-state index in [2.05, 4.69) is 20.1 Å². The molecule has 3 aromatic carbocycles. The Morgan fingerprint density at radius 1 is 0.972 bits per heavy atom. The number of nitrogens with zero attached hydrogens (tertiary/aromatic N) is 4. The second-order valence-electron chi connectivity index (χ2n) is 9.02. The van der Waals surface area contributed by atoms with Crippen molar-refractivity contribution in [3.63, 3.8) is 0 Å². The summed E-state index contributed by atoms with van der Waals surface area (Å²) >= 11 is 6.27. The first kappa shape index (κ1) is 22.5. The van der Waals surface area contributed by atoms with Gasteiger partial charge in [0.05, 0.1) is 12.2 Å². The Balaban J connectivity index is 1.42. The van der Waals surface area contributed by atoms with Gasteiger partial charge in [-0.1, -0.05) is 60.1 Å². The van der Waals surface area contributed by atoms with Crippen molar-refractivity contribution < 1.29 is 9.90 Å². The third-order valence-electron chi connectivity index (χ3n) is 6.74. The second-order valence-corrected chi connectivity index (χ2v) is 9.46. The molecule has 0 atom stereocenters. The Hall–Kier alpha value is -3.94. The highest BCUT2D eigenvalue weighted by atomic mass is 35.5. The molecule has 36 heavy (non-hydrogen) atoms. The van der Waals surface area contributed by atoms with E-state index in [0.717, 1.165) is 58.9 Å². The molecule has 0 saturated carbocycles. The maximum atomic E-state index is 13.4. The Morgan fingerprint density at radius 2 is 1.72 bits per heavy atom. The lowest BCUT2D eigenvalue weighted by atomic mass is 10.0. The largest absolute Gasteiger partial charge is 0.493 e. The fourth-order valence-corrected chi connectivity index (χ4v) is 5.18. The quantitative estimate of drug-likeness (QED) is 0.253. The number of benzene rings is 3. The number of rotatable bonds is 5. The van der Waals surface area contributed by atoms with E-state index in [1.165, 1.54) is 0 Å². The summed E-state index contributed by atoms with van der Waals surface area (Å²) in [5.74, 6) is -0.525. The van der Waals surface area contributed by atoms with Gasteiger partial charge in [0.15, 0.2) is 5.69 Å². The lowest BCUT2D eigenvalue weighted by molar-refractivity contribution is 0.0991. The van der Waals surface area contributed by atoms with Crippen LogP contribution in [-0.4, -0.2) is 38.6 Å². The van der Waals surface area contributed by atoms with Crippen LogP contribution < -0.4 is 0 Å². The molecule has 180 valence electrons. The van der Waals surface area contributed by atoms with E-state index >= 15 is 0 Å². The minimum Gasteiger partial charge on any atom is -0.493 e. The summed E-state index contributed by atoms with van der Waals surface area (Å²) in [6.07, 6.45) is 2.31. The first-order valence-electron chi connectivity index (χ1n) is 12.0. The van der Waals surface area contributed by atoms with E-state index < -0.39 is 5.91 Å². The number of carbonyl (C=O) groups excluding carboxylic acids is 1. The van der Waals surface area contributed by atoms with Crippen LogP contribution >= 0.6 is 11.6 Å². The number of carbonyl (C=O) groups is 1. The maximum Gasteiger partial charge on any atom is 0.312 e. The number of fused-ring (bicyclic) bond motifs is 2. The topological polar surface area (TPSA) is 86.0 Å². The molecule has 1 saturated heterocycles. The van der Waals surface area contributed by atoms with Crippen molar-refractivity contribution in [3.8, 4) is 17.0 Å². The summed E-state index contributed by atoms with van der Waals surface area (Å²) in [6.45, 7) is 2.55. The summed E-state index contributed by atoms with van der Waals surface area (Å²) in [5.41, 5.74) is 3.84. The van der Waals surface area contributed by atoms with Gasteiger partial charge < -0.3 is 10.1 Å². The fourth-order valence-electron chi connectivity index (χ4n) is 5.01. The molecule has 0 radical (unpaired) electrons. The summed E-state index contributed by atoms with van der Waals surface area (Å²) in [7, 11) is 0. The van der Waals surface area contributed by atoms with E-state index in [1.807, 2.05) is 71.3 Å². The average Bonchev–Trinajstić information content (AvgIpc) is 3.61. The molecule has 1 aliphatic heterocycles. The van der Waals surface area contributed by atoms with Crippen LogP contribution in [0.3, 0.4) is 0 Å². The number of H-pyrrole nitrogens is 1. The lowest BCUT2D eigenvalue weighted by Crippen LogP contribution is -2.22. The molecule has 2 aromatic heterocycles. The predicted octanol–water partition coefficient (Wildman–Crippen LogP) is 7.13. The van der Waals surface area contributed by atoms with Crippen LogP contribution in [0.4, 0.5) is 5.69 Å². The van der Waals surface area contributed by atoms with E-state index in [1.54, 1.807) is 6.07 Å². The fraction of sp³-hybridized carbons (Fsp3) is 0.179. The van der Waals surface area contributed by atoms with Gasteiger partial charge in [0.25, 0.3) is 0 Å². The smallest absolute Gasteiger partial charge is 0.312 e. The molecule has 6 rings (SSSR count). The van der Waals surface area contributed by atoms with Crippen LogP contribution in [0.15, 0.2) is 83.0 Å². The molecule has 5 aromatic rings. The van der Waals surface area contributed by atoms with Crippen molar-refractivity contribution in [1.29, 1.82) is 0 Å². The number of halogens is 1. The average molecular weight is 498 g/mol. The molecule has 0 bridgehead atoms. The third kappa shape index (κ3) is 3.96. The minimum absolute atomic E-state index is 0.00589. The van der Waals surface area contributed by atoms with Crippen molar-refractivity contribution in [3.05, 3.63) is 83.5 Å². The number of aromatic hydroxyl groups is 1. The summed E-state index contributed by atoms with van der Waals surface area (Å²) in [6, 6.07) is 22.7. The molecule has 3 heterocycles. The molecule has 7 nitrogen and oxygen atoms in total. The highest BCUT2D eigenvalue weighted by Gasteiger charge is 2.22. The number of aromatic amines is 1. The first-order valence-corrected chi connectivity index (χ1v) is 12.3. The number of para-hydroxylation sites is 1. The predicted molar refractivity (Wildman–Crippen MR) is 142 cm³/mol. The van der Waals surface area contributed by atoms with Crippen LogP contribution in [0.25, 0.3) is 32.9 Å². The summed E-state index contributed by atoms with van der Waals surface area (Å²) < 4.78 is 1.83. The highest BCUT2D eigenvalue weighted by Crippen LogP contribution is 2.40. The van der Waals surface area contributed by atoms with Crippen molar-refractivity contribution in [2.24, 2.45) is 10.2 Å². The maximum absolute atomic E-state index is 13.4. The zero-order valence-electron chi connectivity index (χ0n) is 19.5. The van der Waals surface area contributed by atoms with Gasteiger partial charge in [-0.15, -0.1) is 10.2 Å². The van der Waals surface area contributed by atoms with Gasteiger partial charge in [0.2, 0.25) is 5.88 Å². The van der Waals surface area contributed by atoms with Gasteiger partial charge in [0.1, 0.15) is 5.69 Å². The molecule has 1 aliphatic rings.